The molecule has 2 rings (SSSR count). The van der Waals surface area contributed by atoms with E-state index in [2.05, 4.69) is 26.1 Å². The first kappa shape index (κ1) is 12.3. The zero-order chi connectivity index (χ0) is 11.8. The minimum atomic E-state index is -0.619. The molecule has 0 aromatic carbocycles. The van der Waals surface area contributed by atoms with Gasteiger partial charge in [0.15, 0.2) is 0 Å². The molecule has 0 unspecified atom stereocenters. The van der Waals surface area contributed by atoms with E-state index in [-0.39, 0.29) is 0 Å². The molecule has 3 nitrogen and oxygen atoms in total. The van der Waals surface area contributed by atoms with Crippen molar-refractivity contribution in [3.8, 4) is 0 Å². The lowest BCUT2D eigenvalue weighted by Gasteiger charge is -2.25. The Labute approximate surface area is 98.6 Å². The van der Waals surface area contributed by atoms with Gasteiger partial charge in [0, 0.05) is 25.6 Å². The summed E-state index contributed by atoms with van der Waals surface area (Å²) in [6, 6.07) is 0.555. The van der Waals surface area contributed by atoms with Crippen molar-refractivity contribution in [1.29, 1.82) is 0 Å². The standard InChI is InChI=1S/C13H25NO2/c1-10-6-12(2,3)7-11(10)14-8-13(15)4-5-16-9-13/h10-11,14-15H,4-9H2,1-3H3/t10-,11+,13+/m1/s1. The molecule has 1 aliphatic carbocycles. The highest BCUT2D eigenvalue weighted by atomic mass is 16.5. The molecule has 16 heavy (non-hydrogen) atoms. The van der Waals surface area contributed by atoms with Gasteiger partial charge in [0.2, 0.25) is 0 Å². The van der Waals surface area contributed by atoms with Gasteiger partial charge in [0.1, 0.15) is 5.60 Å². The Kier molecular flexibility index (Phi) is 3.30. The molecule has 1 aliphatic heterocycles. The molecular weight excluding hydrogens is 202 g/mol. The second kappa shape index (κ2) is 4.28. The van der Waals surface area contributed by atoms with Crippen molar-refractivity contribution in [2.45, 2.75) is 51.7 Å². The highest BCUT2D eigenvalue weighted by Gasteiger charge is 2.39. The largest absolute Gasteiger partial charge is 0.386 e. The maximum atomic E-state index is 10.2. The van der Waals surface area contributed by atoms with Crippen LogP contribution in [0.3, 0.4) is 0 Å². The molecule has 1 saturated carbocycles. The first-order valence-electron chi connectivity index (χ1n) is 6.44. The molecule has 2 fully saturated rings. The number of hydrogen-bond donors (Lipinski definition) is 2. The summed E-state index contributed by atoms with van der Waals surface area (Å²) in [5.41, 5.74) is -0.168. The van der Waals surface area contributed by atoms with Crippen molar-refractivity contribution in [1.82, 2.24) is 5.32 Å². The topological polar surface area (TPSA) is 41.5 Å². The van der Waals surface area contributed by atoms with Gasteiger partial charge >= 0.3 is 0 Å². The number of hydrogen-bond acceptors (Lipinski definition) is 3. The van der Waals surface area contributed by atoms with E-state index in [1.54, 1.807) is 0 Å². The van der Waals surface area contributed by atoms with Crippen molar-refractivity contribution in [2.24, 2.45) is 11.3 Å². The summed E-state index contributed by atoms with van der Waals surface area (Å²) in [7, 11) is 0. The summed E-state index contributed by atoms with van der Waals surface area (Å²) in [6.45, 7) is 8.84. The van der Waals surface area contributed by atoms with Crippen LogP contribution in [0.5, 0.6) is 0 Å². The van der Waals surface area contributed by atoms with Crippen LogP contribution in [-0.2, 0) is 4.74 Å². The summed E-state index contributed by atoms with van der Waals surface area (Å²) in [5, 5.41) is 13.7. The molecule has 0 bridgehead atoms. The molecule has 3 heteroatoms. The van der Waals surface area contributed by atoms with Crippen molar-refractivity contribution < 1.29 is 9.84 Å². The first-order chi connectivity index (χ1) is 7.40. The minimum absolute atomic E-state index is 0.450. The number of nitrogens with one attached hydrogen (secondary N) is 1. The quantitative estimate of drug-likeness (QED) is 0.768. The van der Waals surface area contributed by atoms with Crippen molar-refractivity contribution in [3.63, 3.8) is 0 Å². The van der Waals surface area contributed by atoms with E-state index >= 15 is 0 Å². The van der Waals surface area contributed by atoms with Crippen molar-refractivity contribution in [3.05, 3.63) is 0 Å². The van der Waals surface area contributed by atoms with Crippen LogP contribution < -0.4 is 5.32 Å². The third-order valence-electron chi connectivity index (χ3n) is 4.11. The number of ether oxygens (including phenoxy) is 1. The highest BCUT2D eigenvalue weighted by molar-refractivity contribution is 4.94. The van der Waals surface area contributed by atoms with Crippen molar-refractivity contribution >= 4 is 0 Å². The van der Waals surface area contributed by atoms with Crippen LogP contribution in [-0.4, -0.2) is 36.5 Å². The van der Waals surface area contributed by atoms with Gasteiger partial charge in [-0.1, -0.05) is 20.8 Å². The lowest BCUT2D eigenvalue weighted by atomic mass is 9.91. The Hall–Kier alpha value is -0.120. The maximum absolute atomic E-state index is 10.2. The second-order valence-electron chi connectivity index (χ2n) is 6.56. The monoisotopic (exact) mass is 227 g/mol. The van der Waals surface area contributed by atoms with Crippen molar-refractivity contribution in [2.75, 3.05) is 19.8 Å². The molecule has 3 atom stereocenters. The molecule has 0 aromatic rings. The minimum Gasteiger partial charge on any atom is -0.386 e. The van der Waals surface area contributed by atoms with Gasteiger partial charge in [-0.05, 0) is 24.2 Å². The molecule has 0 amide bonds. The van der Waals surface area contributed by atoms with Crippen LogP contribution in [0.2, 0.25) is 0 Å². The van der Waals surface area contributed by atoms with E-state index in [4.69, 9.17) is 4.74 Å². The van der Waals surface area contributed by atoms with E-state index < -0.39 is 5.60 Å². The van der Waals surface area contributed by atoms with Gasteiger partial charge in [-0.25, -0.2) is 0 Å². The maximum Gasteiger partial charge on any atom is 0.102 e. The number of rotatable bonds is 3. The molecule has 0 aromatic heterocycles. The average molecular weight is 227 g/mol. The summed E-state index contributed by atoms with van der Waals surface area (Å²) in [5.74, 6) is 0.709. The van der Waals surface area contributed by atoms with Gasteiger partial charge in [-0.2, -0.15) is 0 Å². The third kappa shape index (κ3) is 2.76. The molecule has 0 spiro atoms. The Morgan fingerprint density at radius 2 is 2.12 bits per heavy atom. The van der Waals surface area contributed by atoms with E-state index in [0.717, 1.165) is 6.42 Å². The van der Waals surface area contributed by atoms with Gasteiger partial charge < -0.3 is 15.2 Å². The smallest absolute Gasteiger partial charge is 0.102 e. The van der Waals surface area contributed by atoms with E-state index in [9.17, 15) is 5.11 Å². The second-order valence-corrected chi connectivity index (χ2v) is 6.56. The predicted molar refractivity (Wildman–Crippen MR) is 64.4 cm³/mol. The summed E-state index contributed by atoms with van der Waals surface area (Å²) < 4.78 is 5.25. The van der Waals surface area contributed by atoms with Gasteiger partial charge in [-0.15, -0.1) is 0 Å². The molecule has 1 heterocycles. The fourth-order valence-corrected chi connectivity index (χ4v) is 3.22. The van der Waals surface area contributed by atoms with Crippen LogP contribution in [0, 0.1) is 11.3 Å². The number of aliphatic hydroxyl groups is 1. The Morgan fingerprint density at radius 1 is 1.38 bits per heavy atom. The summed E-state index contributed by atoms with van der Waals surface area (Å²) in [4.78, 5) is 0. The fraction of sp³-hybridized carbons (Fsp3) is 1.00. The zero-order valence-corrected chi connectivity index (χ0v) is 10.8. The van der Waals surface area contributed by atoms with Crippen LogP contribution in [0.15, 0.2) is 0 Å². The molecule has 2 aliphatic rings. The average Bonchev–Trinajstić information content (AvgIpc) is 2.68. The van der Waals surface area contributed by atoms with E-state index in [0.29, 0.717) is 37.1 Å². The molecular formula is C13H25NO2. The van der Waals surface area contributed by atoms with Gasteiger partial charge in [-0.3, -0.25) is 0 Å². The van der Waals surface area contributed by atoms with Gasteiger partial charge in [0.05, 0.1) is 6.61 Å². The van der Waals surface area contributed by atoms with Crippen LogP contribution in [0.25, 0.3) is 0 Å². The lowest BCUT2D eigenvalue weighted by Crippen LogP contribution is -2.45. The van der Waals surface area contributed by atoms with E-state index in [1.807, 2.05) is 0 Å². The normalized spacial score (nSPS) is 42.8. The Balaban J connectivity index is 1.82. The summed E-state index contributed by atoms with van der Waals surface area (Å²) >= 11 is 0. The first-order valence-corrected chi connectivity index (χ1v) is 6.44. The lowest BCUT2D eigenvalue weighted by molar-refractivity contribution is 0.0238. The zero-order valence-electron chi connectivity index (χ0n) is 10.8. The Morgan fingerprint density at radius 3 is 2.62 bits per heavy atom. The van der Waals surface area contributed by atoms with Crippen LogP contribution in [0.1, 0.15) is 40.0 Å². The highest BCUT2D eigenvalue weighted by Crippen LogP contribution is 2.40. The molecule has 94 valence electrons. The molecule has 2 N–H and O–H groups in total. The predicted octanol–water partition coefficient (Wildman–Crippen LogP) is 1.55. The summed E-state index contributed by atoms with van der Waals surface area (Å²) in [6.07, 6.45) is 3.26. The van der Waals surface area contributed by atoms with Crippen LogP contribution in [0.4, 0.5) is 0 Å². The SMILES string of the molecule is C[C@@H]1CC(C)(C)C[C@@H]1NC[C@@]1(O)CCOC1. The molecule has 1 saturated heterocycles. The molecule has 0 radical (unpaired) electrons. The van der Waals surface area contributed by atoms with Crippen LogP contribution >= 0.6 is 0 Å². The third-order valence-corrected chi connectivity index (χ3v) is 4.11. The van der Waals surface area contributed by atoms with Gasteiger partial charge in [0.25, 0.3) is 0 Å². The fourth-order valence-electron chi connectivity index (χ4n) is 3.22. The van der Waals surface area contributed by atoms with E-state index in [1.165, 1.54) is 12.8 Å². The Bertz CT molecular complexity index is 246.